The third-order valence-electron chi connectivity index (χ3n) is 5.80. The van der Waals surface area contributed by atoms with Crippen molar-refractivity contribution in [3.63, 3.8) is 0 Å². The van der Waals surface area contributed by atoms with Crippen molar-refractivity contribution in [2.45, 2.75) is 76.3 Å². The minimum Gasteiger partial charge on any atom is -0.329 e. The van der Waals surface area contributed by atoms with Crippen LogP contribution >= 0.6 is 0 Å². The van der Waals surface area contributed by atoms with Crippen molar-refractivity contribution in [2.24, 2.45) is 17.6 Å². The Morgan fingerprint density at radius 3 is 2.50 bits per heavy atom. The van der Waals surface area contributed by atoms with Crippen LogP contribution in [0.4, 0.5) is 0 Å². The van der Waals surface area contributed by atoms with Crippen LogP contribution in [0.3, 0.4) is 0 Å². The fourth-order valence-corrected chi connectivity index (χ4v) is 4.56. The third kappa shape index (κ3) is 2.46. The van der Waals surface area contributed by atoms with Gasteiger partial charge < -0.3 is 5.73 Å². The molecule has 1 heterocycles. The molecule has 18 heavy (non-hydrogen) atoms. The Bertz CT molecular complexity index is 285. The van der Waals surface area contributed by atoms with Gasteiger partial charge in [-0.25, -0.2) is 0 Å². The maximum Gasteiger partial charge on any atom is 0.0309 e. The number of piperidine rings is 1. The van der Waals surface area contributed by atoms with Crippen molar-refractivity contribution in [2.75, 3.05) is 13.1 Å². The topological polar surface area (TPSA) is 29.3 Å². The highest BCUT2D eigenvalue weighted by Gasteiger charge is 2.43. The molecule has 2 saturated carbocycles. The summed E-state index contributed by atoms with van der Waals surface area (Å²) < 4.78 is 0. The molecule has 3 unspecified atom stereocenters. The van der Waals surface area contributed by atoms with Gasteiger partial charge in [-0.2, -0.15) is 0 Å². The fourth-order valence-electron chi connectivity index (χ4n) is 4.56. The fraction of sp³-hybridized carbons (Fsp3) is 1.00. The number of rotatable bonds is 4. The molecule has 3 atom stereocenters. The second-order valence-electron chi connectivity index (χ2n) is 7.30. The van der Waals surface area contributed by atoms with Crippen molar-refractivity contribution in [1.29, 1.82) is 0 Å². The number of likely N-dealkylation sites (tertiary alicyclic amines) is 1. The summed E-state index contributed by atoms with van der Waals surface area (Å²) in [7, 11) is 0. The molecule has 3 fully saturated rings. The summed E-state index contributed by atoms with van der Waals surface area (Å²) in [6.45, 7) is 4.61. The molecule has 2 aliphatic carbocycles. The zero-order chi connectivity index (χ0) is 12.6. The predicted molar refractivity (Wildman–Crippen MR) is 76.5 cm³/mol. The van der Waals surface area contributed by atoms with E-state index in [2.05, 4.69) is 11.8 Å². The molecule has 2 N–H and O–H groups in total. The summed E-state index contributed by atoms with van der Waals surface area (Å²) in [5.74, 6) is 1.97. The summed E-state index contributed by atoms with van der Waals surface area (Å²) in [5.41, 5.74) is 6.49. The van der Waals surface area contributed by atoms with Crippen LogP contribution in [0.15, 0.2) is 0 Å². The lowest BCUT2D eigenvalue weighted by Gasteiger charge is -2.52. The zero-order valence-corrected chi connectivity index (χ0v) is 12.0. The van der Waals surface area contributed by atoms with Crippen LogP contribution in [-0.4, -0.2) is 29.6 Å². The lowest BCUT2D eigenvalue weighted by Crippen LogP contribution is -2.60. The van der Waals surface area contributed by atoms with Crippen LogP contribution in [-0.2, 0) is 0 Å². The first-order valence-corrected chi connectivity index (χ1v) is 8.20. The van der Waals surface area contributed by atoms with Gasteiger partial charge in [0.15, 0.2) is 0 Å². The summed E-state index contributed by atoms with van der Waals surface area (Å²) in [5, 5.41) is 0. The summed E-state index contributed by atoms with van der Waals surface area (Å²) in [4.78, 5) is 2.85. The molecule has 0 aromatic heterocycles. The molecule has 0 bridgehead atoms. The van der Waals surface area contributed by atoms with E-state index in [4.69, 9.17) is 5.73 Å². The molecule has 104 valence electrons. The van der Waals surface area contributed by atoms with Gasteiger partial charge in [0.25, 0.3) is 0 Å². The van der Waals surface area contributed by atoms with Crippen LogP contribution in [0.5, 0.6) is 0 Å². The van der Waals surface area contributed by atoms with Gasteiger partial charge in [-0.3, -0.25) is 4.90 Å². The molecule has 0 radical (unpaired) electrons. The highest BCUT2D eigenvalue weighted by Crippen LogP contribution is 2.43. The van der Waals surface area contributed by atoms with E-state index in [0.29, 0.717) is 5.54 Å². The molecule has 0 spiro atoms. The van der Waals surface area contributed by atoms with Crippen LogP contribution in [0.1, 0.15) is 64.7 Å². The van der Waals surface area contributed by atoms with Gasteiger partial charge in [0.1, 0.15) is 0 Å². The minimum absolute atomic E-state index is 0.293. The quantitative estimate of drug-likeness (QED) is 0.830. The van der Waals surface area contributed by atoms with E-state index in [1.807, 2.05) is 0 Å². The third-order valence-corrected chi connectivity index (χ3v) is 5.80. The van der Waals surface area contributed by atoms with Gasteiger partial charge in [0.2, 0.25) is 0 Å². The molecule has 0 amide bonds. The number of fused-ring (bicyclic) bond motifs is 1. The summed E-state index contributed by atoms with van der Waals surface area (Å²) in [6, 6.07) is 0.861. The van der Waals surface area contributed by atoms with E-state index >= 15 is 0 Å². The Labute approximate surface area is 112 Å². The van der Waals surface area contributed by atoms with Crippen molar-refractivity contribution < 1.29 is 0 Å². The van der Waals surface area contributed by atoms with E-state index in [9.17, 15) is 0 Å². The Balaban J connectivity index is 1.74. The van der Waals surface area contributed by atoms with E-state index in [1.54, 1.807) is 0 Å². The molecule has 1 aliphatic heterocycles. The molecule has 3 aliphatic rings. The number of nitrogens with zero attached hydrogens (tertiary/aromatic N) is 1. The molecule has 1 saturated heterocycles. The first kappa shape index (κ1) is 12.9. The average Bonchev–Trinajstić information content (AvgIpc) is 3.21. The maximum atomic E-state index is 6.19. The number of hydrogen-bond donors (Lipinski definition) is 1. The van der Waals surface area contributed by atoms with Gasteiger partial charge in [-0.1, -0.05) is 25.7 Å². The Kier molecular flexibility index (Phi) is 3.68. The molecule has 0 aromatic rings. The molecule has 2 nitrogen and oxygen atoms in total. The normalized spacial score (nSPS) is 37.0. The Morgan fingerprint density at radius 1 is 1.06 bits per heavy atom. The van der Waals surface area contributed by atoms with Crippen molar-refractivity contribution in [3.05, 3.63) is 0 Å². The number of hydrogen-bond acceptors (Lipinski definition) is 2. The van der Waals surface area contributed by atoms with Gasteiger partial charge in [0, 0.05) is 18.1 Å². The van der Waals surface area contributed by atoms with Crippen LogP contribution < -0.4 is 5.73 Å². The van der Waals surface area contributed by atoms with E-state index in [-0.39, 0.29) is 0 Å². The van der Waals surface area contributed by atoms with Gasteiger partial charge in [-0.05, 0) is 57.4 Å². The minimum atomic E-state index is 0.293. The maximum absolute atomic E-state index is 6.19. The summed E-state index contributed by atoms with van der Waals surface area (Å²) >= 11 is 0. The summed E-state index contributed by atoms with van der Waals surface area (Å²) in [6.07, 6.45) is 13.0. The van der Waals surface area contributed by atoms with E-state index < -0.39 is 0 Å². The van der Waals surface area contributed by atoms with E-state index in [1.165, 1.54) is 64.3 Å². The molecule has 0 aromatic carbocycles. The average molecular weight is 250 g/mol. The monoisotopic (exact) mass is 250 g/mol. The molecule has 2 heteroatoms. The first-order chi connectivity index (χ1) is 8.73. The van der Waals surface area contributed by atoms with Gasteiger partial charge in [0.05, 0.1) is 0 Å². The smallest absolute Gasteiger partial charge is 0.0309 e. The van der Waals surface area contributed by atoms with Crippen molar-refractivity contribution >= 4 is 0 Å². The standard InChI is InChI=1S/C16H30N2/c1-16(12-17,11-13-8-9-13)18-10-4-6-14-5-2-3-7-15(14)18/h13-15H,2-12,17H2,1H3. The molecule has 3 rings (SSSR count). The van der Waals surface area contributed by atoms with Crippen molar-refractivity contribution in [3.8, 4) is 0 Å². The first-order valence-electron chi connectivity index (χ1n) is 8.20. The second-order valence-corrected chi connectivity index (χ2v) is 7.30. The SMILES string of the molecule is CC(CN)(CC1CC1)N1CCCC2CCCCC21. The predicted octanol–water partition coefficient (Wildman–Crippen LogP) is 3.16. The lowest BCUT2D eigenvalue weighted by atomic mass is 9.75. The number of nitrogens with two attached hydrogens (primary N) is 1. The Morgan fingerprint density at radius 2 is 1.78 bits per heavy atom. The van der Waals surface area contributed by atoms with Gasteiger partial charge >= 0.3 is 0 Å². The van der Waals surface area contributed by atoms with Crippen molar-refractivity contribution in [1.82, 2.24) is 4.90 Å². The van der Waals surface area contributed by atoms with Crippen LogP contribution in [0, 0.1) is 11.8 Å². The van der Waals surface area contributed by atoms with Crippen LogP contribution in [0.2, 0.25) is 0 Å². The van der Waals surface area contributed by atoms with E-state index in [0.717, 1.165) is 24.4 Å². The highest BCUT2D eigenvalue weighted by molar-refractivity contribution is 4.99. The zero-order valence-electron chi connectivity index (χ0n) is 12.0. The molecular weight excluding hydrogens is 220 g/mol. The Hall–Kier alpha value is -0.0800. The largest absolute Gasteiger partial charge is 0.329 e. The molecular formula is C16H30N2. The lowest BCUT2D eigenvalue weighted by molar-refractivity contribution is -0.0235. The van der Waals surface area contributed by atoms with Crippen LogP contribution in [0.25, 0.3) is 0 Å². The van der Waals surface area contributed by atoms with Gasteiger partial charge in [-0.15, -0.1) is 0 Å². The second kappa shape index (κ2) is 5.13. The highest BCUT2D eigenvalue weighted by atomic mass is 15.2.